The fourth-order valence-corrected chi connectivity index (χ4v) is 3.08. The maximum atomic E-state index is 11.1. The largest absolute Gasteiger partial charge is 0.478 e. The van der Waals surface area contributed by atoms with Crippen LogP contribution in [0.25, 0.3) is 5.69 Å². The van der Waals surface area contributed by atoms with Gasteiger partial charge in [-0.25, -0.2) is 4.79 Å². The number of hydrogen-bond acceptors (Lipinski definition) is 2. The van der Waals surface area contributed by atoms with Crippen LogP contribution in [-0.4, -0.2) is 21.9 Å². The van der Waals surface area contributed by atoms with Crippen molar-refractivity contribution in [1.29, 1.82) is 0 Å². The first-order valence-electron chi connectivity index (χ1n) is 7.88. The first-order valence-corrected chi connectivity index (χ1v) is 8.64. The molecule has 3 rings (SSSR count). The van der Waals surface area contributed by atoms with Crippen molar-refractivity contribution in [2.24, 2.45) is 4.99 Å². The summed E-state index contributed by atoms with van der Waals surface area (Å²) in [5.74, 6) is -1.01. The summed E-state index contributed by atoms with van der Waals surface area (Å²) in [6.07, 6.45) is 1.70. The van der Waals surface area contributed by atoms with E-state index in [2.05, 4.69) is 9.56 Å². The molecule has 4 nitrogen and oxygen atoms in total. The number of carboxylic acid groups (broad SMARTS) is 1. The number of aromatic carboxylic acids is 1. The van der Waals surface area contributed by atoms with Gasteiger partial charge in [-0.2, -0.15) is 0 Å². The molecule has 0 aliphatic carbocycles. The number of nitrogens with zero attached hydrogens (tertiary/aromatic N) is 2. The van der Waals surface area contributed by atoms with Gasteiger partial charge in [-0.05, 0) is 62.4 Å². The van der Waals surface area contributed by atoms with Crippen molar-refractivity contribution < 1.29 is 9.90 Å². The van der Waals surface area contributed by atoms with Gasteiger partial charge in [0.05, 0.1) is 16.3 Å². The van der Waals surface area contributed by atoms with Crippen molar-refractivity contribution in [3.8, 4) is 5.69 Å². The SMILES string of the molecule is Cc1cc(C=Nc2cc(C(=O)O)ccc2Cl)c(C)n1-c1ccc(Cl)cc1. The summed E-state index contributed by atoms with van der Waals surface area (Å²) < 4.78 is 2.10. The lowest BCUT2D eigenvalue weighted by Crippen LogP contribution is -1.99. The van der Waals surface area contributed by atoms with Crippen LogP contribution >= 0.6 is 23.2 Å². The highest BCUT2D eigenvalue weighted by Gasteiger charge is 2.10. The van der Waals surface area contributed by atoms with Crippen molar-refractivity contribution in [2.45, 2.75) is 13.8 Å². The van der Waals surface area contributed by atoms with E-state index in [9.17, 15) is 4.79 Å². The van der Waals surface area contributed by atoms with E-state index in [1.54, 1.807) is 6.21 Å². The second-order valence-corrected chi connectivity index (χ2v) is 6.71. The molecule has 0 fully saturated rings. The zero-order valence-electron chi connectivity index (χ0n) is 14.2. The van der Waals surface area contributed by atoms with Crippen LogP contribution < -0.4 is 0 Å². The Kier molecular flexibility index (Phi) is 5.16. The zero-order chi connectivity index (χ0) is 18.8. The average Bonchev–Trinajstić information content (AvgIpc) is 2.89. The Hall–Kier alpha value is -2.56. The molecule has 0 bridgehead atoms. The predicted molar refractivity (Wildman–Crippen MR) is 106 cm³/mol. The van der Waals surface area contributed by atoms with E-state index in [1.165, 1.54) is 18.2 Å². The third-order valence-electron chi connectivity index (χ3n) is 4.09. The van der Waals surface area contributed by atoms with Gasteiger partial charge in [-0.15, -0.1) is 0 Å². The second kappa shape index (κ2) is 7.36. The molecule has 0 unspecified atom stereocenters. The monoisotopic (exact) mass is 386 g/mol. The van der Waals surface area contributed by atoms with Crippen molar-refractivity contribution in [1.82, 2.24) is 4.57 Å². The lowest BCUT2D eigenvalue weighted by molar-refractivity contribution is 0.0697. The van der Waals surface area contributed by atoms with Crippen molar-refractivity contribution in [2.75, 3.05) is 0 Å². The number of benzene rings is 2. The molecule has 26 heavy (non-hydrogen) atoms. The standard InChI is InChI=1S/C20H16Cl2N2O2/c1-12-9-15(13(2)24(12)17-6-4-16(21)5-7-17)11-23-19-10-14(20(25)26)3-8-18(19)22/h3-11H,1-2H3,(H,25,26). The van der Waals surface area contributed by atoms with Gasteiger partial charge in [-0.1, -0.05) is 23.2 Å². The summed E-state index contributed by atoms with van der Waals surface area (Å²) >= 11 is 12.1. The van der Waals surface area contributed by atoms with E-state index in [1.807, 2.05) is 44.2 Å². The third-order valence-corrected chi connectivity index (χ3v) is 4.66. The Morgan fingerprint density at radius 2 is 1.77 bits per heavy atom. The van der Waals surface area contributed by atoms with Crippen LogP contribution in [0.4, 0.5) is 5.69 Å². The van der Waals surface area contributed by atoms with Gasteiger partial charge in [0.1, 0.15) is 0 Å². The van der Waals surface area contributed by atoms with E-state index in [0.29, 0.717) is 15.7 Å². The molecule has 1 heterocycles. The molecule has 1 N–H and O–H groups in total. The number of aliphatic imine (C=N–C) groups is 1. The Morgan fingerprint density at radius 3 is 2.42 bits per heavy atom. The predicted octanol–water partition coefficient (Wildman–Crippen LogP) is 5.85. The van der Waals surface area contributed by atoms with Crippen molar-refractivity contribution in [3.05, 3.63) is 81.1 Å². The minimum Gasteiger partial charge on any atom is -0.478 e. The van der Waals surface area contributed by atoms with Gasteiger partial charge in [0, 0.05) is 33.9 Å². The first kappa shape index (κ1) is 18.2. The van der Waals surface area contributed by atoms with Gasteiger partial charge in [0.2, 0.25) is 0 Å². The molecule has 0 aliphatic heterocycles. The first-order chi connectivity index (χ1) is 12.4. The van der Waals surface area contributed by atoms with E-state index in [0.717, 1.165) is 22.6 Å². The normalized spacial score (nSPS) is 11.2. The zero-order valence-corrected chi connectivity index (χ0v) is 15.7. The third kappa shape index (κ3) is 3.66. The van der Waals surface area contributed by atoms with Crippen LogP contribution in [0.15, 0.2) is 53.5 Å². The van der Waals surface area contributed by atoms with Crippen LogP contribution in [0.2, 0.25) is 10.0 Å². The Bertz CT molecular complexity index is 1010. The highest BCUT2D eigenvalue weighted by atomic mass is 35.5. The summed E-state index contributed by atoms with van der Waals surface area (Å²) in [6.45, 7) is 4.01. The smallest absolute Gasteiger partial charge is 0.335 e. The lowest BCUT2D eigenvalue weighted by Gasteiger charge is -2.09. The van der Waals surface area contributed by atoms with Crippen molar-refractivity contribution >= 4 is 41.1 Å². The molecule has 0 radical (unpaired) electrons. The van der Waals surface area contributed by atoms with Gasteiger partial charge in [-0.3, -0.25) is 4.99 Å². The fraction of sp³-hybridized carbons (Fsp3) is 0.100. The summed E-state index contributed by atoms with van der Waals surface area (Å²) in [5.41, 5.74) is 4.57. The quantitative estimate of drug-likeness (QED) is 0.571. The molecule has 0 spiro atoms. The molecule has 0 aliphatic rings. The Balaban J connectivity index is 1.98. The molecule has 0 atom stereocenters. The molecule has 0 amide bonds. The van der Waals surface area contributed by atoms with Gasteiger partial charge < -0.3 is 9.67 Å². The van der Waals surface area contributed by atoms with Crippen LogP contribution in [-0.2, 0) is 0 Å². The Morgan fingerprint density at radius 1 is 1.08 bits per heavy atom. The highest BCUT2D eigenvalue weighted by molar-refractivity contribution is 6.33. The number of carboxylic acids is 1. The molecule has 3 aromatic rings. The number of aromatic nitrogens is 1. The Labute approximate surface area is 161 Å². The maximum Gasteiger partial charge on any atom is 0.335 e. The molecular weight excluding hydrogens is 371 g/mol. The van der Waals surface area contributed by atoms with Crippen molar-refractivity contribution in [3.63, 3.8) is 0 Å². The van der Waals surface area contributed by atoms with Gasteiger partial charge >= 0.3 is 5.97 Å². The van der Waals surface area contributed by atoms with E-state index >= 15 is 0 Å². The summed E-state index contributed by atoms with van der Waals surface area (Å²) in [6, 6.07) is 14.1. The maximum absolute atomic E-state index is 11.1. The number of carbonyl (C=O) groups is 1. The van der Waals surface area contributed by atoms with Crippen LogP contribution in [0.1, 0.15) is 27.3 Å². The van der Waals surface area contributed by atoms with E-state index in [-0.39, 0.29) is 5.56 Å². The van der Waals surface area contributed by atoms with Gasteiger partial charge in [0.15, 0.2) is 0 Å². The summed E-state index contributed by atoms with van der Waals surface area (Å²) in [4.78, 5) is 15.5. The van der Waals surface area contributed by atoms with Crippen LogP contribution in [0.5, 0.6) is 0 Å². The average molecular weight is 387 g/mol. The molecule has 132 valence electrons. The molecule has 0 saturated carbocycles. The number of halogens is 2. The number of rotatable bonds is 4. The topological polar surface area (TPSA) is 54.6 Å². The number of hydrogen-bond donors (Lipinski definition) is 1. The molecular formula is C20H16Cl2N2O2. The van der Waals surface area contributed by atoms with E-state index < -0.39 is 5.97 Å². The molecule has 6 heteroatoms. The van der Waals surface area contributed by atoms with Crippen LogP contribution in [0, 0.1) is 13.8 Å². The summed E-state index contributed by atoms with van der Waals surface area (Å²) in [7, 11) is 0. The molecule has 2 aromatic carbocycles. The second-order valence-electron chi connectivity index (χ2n) is 5.87. The van der Waals surface area contributed by atoms with E-state index in [4.69, 9.17) is 28.3 Å². The minimum atomic E-state index is -1.01. The summed E-state index contributed by atoms with van der Waals surface area (Å²) in [5, 5.41) is 10.2. The molecule has 0 saturated heterocycles. The lowest BCUT2D eigenvalue weighted by atomic mass is 10.2. The highest BCUT2D eigenvalue weighted by Crippen LogP contribution is 2.27. The molecule has 1 aromatic heterocycles. The minimum absolute atomic E-state index is 0.146. The van der Waals surface area contributed by atoms with Gasteiger partial charge in [0.25, 0.3) is 0 Å². The van der Waals surface area contributed by atoms with Crippen LogP contribution in [0.3, 0.4) is 0 Å². The fourth-order valence-electron chi connectivity index (χ4n) is 2.79. The number of aryl methyl sites for hydroxylation is 1.